The number of hydrogen-bond acceptors (Lipinski definition) is 4. The maximum Gasteiger partial charge on any atom is 0.210 e. The predicted octanol–water partition coefficient (Wildman–Crippen LogP) is -1.66. The van der Waals surface area contributed by atoms with Gasteiger partial charge in [-0.25, -0.2) is 13.6 Å². The number of primary sulfonamides is 1. The van der Waals surface area contributed by atoms with Crippen molar-refractivity contribution in [3.05, 3.63) is 0 Å². The fourth-order valence-corrected chi connectivity index (χ4v) is 1.78. The summed E-state index contributed by atoms with van der Waals surface area (Å²) in [5.41, 5.74) is 0. The number of nitrogens with two attached hydrogens (primary N) is 1. The lowest BCUT2D eigenvalue weighted by atomic mass is 10.3. The second kappa shape index (κ2) is 3.69. The standard InChI is InChI=1S/C6H14N2O3S/c7-12(10,11)4-3-8-2-1-6(9)5-8/h6,9H,1-5H2,(H2,7,10,11). The van der Waals surface area contributed by atoms with E-state index in [-0.39, 0.29) is 11.9 Å². The van der Waals surface area contributed by atoms with Gasteiger partial charge >= 0.3 is 0 Å². The van der Waals surface area contributed by atoms with E-state index in [0.29, 0.717) is 13.1 Å². The van der Waals surface area contributed by atoms with E-state index in [9.17, 15) is 8.42 Å². The molecule has 0 spiro atoms. The average molecular weight is 194 g/mol. The van der Waals surface area contributed by atoms with E-state index in [2.05, 4.69) is 0 Å². The number of hydrogen-bond donors (Lipinski definition) is 2. The molecule has 1 saturated heterocycles. The number of likely N-dealkylation sites (tertiary alicyclic amines) is 1. The maximum atomic E-state index is 10.6. The molecule has 1 fully saturated rings. The van der Waals surface area contributed by atoms with Gasteiger partial charge in [-0.2, -0.15) is 0 Å². The smallest absolute Gasteiger partial charge is 0.210 e. The van der Waals surface area contributed by atoms with Crippen molar-refractivity contribution in [1.82, 2.24) is 4.90 Å². The topological polar surface area (TPSA) is 83.6 Å². The van der Waals surface area contributed by atoms with Gasteiger partial charge < -0.3 is 5.11 Å². The lowest BCUT2D eigenvalue weighted by Crippen LogP contribution is -2.30. The fourth-order valence-electron chi connectivity index (χ4n) is 1.27. The Hall–Kier alpha value is -0.170. The monoisotopic (exact) mass is 194 g/mol. The van der Waals surface area contributed by atoms with Gasteiger partial charge in [0.2, 0.25) is 10.0 Å². The minimum Gasteiger partial charge on any atom is -0.392 e. The van der Waals surface area contributed by atoms with E-state index in [1.165, 1.54) is 0 Å². The van der Waals surface area contributed by atoms with Crippen molar-refractivity contribution in [2.24, 2.45) is 5.14 Å². The molecule has 0 saturated carbocycles. The van der Waals surface area contributed by atoms with E-state index < -0.39 is 10.0 Å². The van der Waals surface area contributed by atoms with Gasteiger partial charge in [0.05, 0.1) is 11.9 Å². The quantitative estimate of drug-likeness (QED) is 0.563. The van der Waals surface area contributed by atoms with E-state index in [1.54, 1.807) is 0 Å². The molecule has 1 rings (SSSR count). The van der Waals surface area contributed by atoms with Gasteiger partial charge in [-0.3, -0.25) is 4.90 Å². The molecule has 0 amide bonds. The predicted molar refractivity (Wildman–Crippen MR) is 45.0 cm³/mol. The first-order valence-corrected chi connectivity index (χ1v) is 5.60. The molecule has 0 aliphatic carbocycles. The Morgan fingerprint density at radius 3 is 2.67 bits per heavy atom. The Morgan fingerprint density at radius 2 is 2.25 bits per heavy atom. The first-order chi connectivity index (χ1) is 5.47. The number of rotatable bonds is 3. The van der Waals surface area contributed by atoms with Crippen LogP contribution in [0.25, 0.3) is 0 Å². The van der Waals surface area contributed by atoms with Gasteiger partial charge in [0, 0.05) is 19.6 Å². The van der Waals surface area contributed by atoms with Gasteiger partial charge in [-0.05, 0) is 6.42 Å². The van der Waals surface area contributed by atoms with Crippen LogP contribution in [0.3, 0.4) is 0 Å². The first kappa shape index (κ1) is 9.91. The van der Waals surface area contributed by atoms with E-state index in [0.717, 1.165) is 13.0 Å². The van der Waals surface area contributed by atoms with Crippen LogP contribution < -0.4 is 5.14 Å². The molecule has 0 aromatic rings. The van der Waals surface area contributed by atoms with Crippen molar-refractivity contribution in [2.45, 2.75) is 12.5 Å². The van der Waals surface area contributed by atoms with Crippen LogP contribution >= 0.6 is 0 Å². The zero-order chi connectivity index (χ0) is 9.19. The maximum absolute atomic E-state index is 10.6. The molecule has 12 heavy (non-hydrogen) atoms. The number of nitrogens with zero attached hydrogens (tertiary/aromatic N) is 1. The molecule has 0 bridgehead atoms. The fraction of sp³-hybridized carbons (Fsp3) is 1.00. The summed E-state index contributed by atoms with van der Waals surface area (Å²) in [5.74, 6) is -0.0281. The minimum atomic E-state index is -3.35. The van der Waals surface area contributed by atoms with Crippen LogP contribution in [0.2, 0.25) is 0 Å². The Balaban J connectivity index is 2.25. The van der Waals surface area contributed by atoms with Crippen LogP contribution in [0.1, 0.15) is 6.42 Å². The van der Waals surface area contributed by atoms with Gasteiger partial charge in [0.1, 0.15) is 0 Å². The lowest BCUT2D eigenvalue weighted by Gasteiger charge is -2.12. The van der Waals surface area contributed by atoms with E-state index >= 15 is 0 Å². The van der Waals surface area contributed by atoms with Gasteiger partial charge in [0.25, 0.3) is 0 Å². The lowest BCUT2D eigenvalue weighted by molar-refractivity contribution is 0.178. The molecule has 1 heterocycles. The molecule has 1 unspecified atom stereocenters. The zero-order valence-corrected chi connectivity index (χ0v) is 7.63. The van der Waals surface area contributed by atoms with Crippen LogP contribution in [-0.2, 0) is 10.0 Å². The molecule has 3 N–H and O–H groups in total. The van der Waals surface area contributed by atoms with Gasteiger partial charge in [-0.15, -0.1) is 0 Å². The molecule has 1 aliphatic heterocycles. The number of β-amino-alcohol motifs (C(OH)–C–C–N with tert-alkyl or cyclic N) is 1. The summed E-state index contributed by atoms with van der Waals surface area (Å²) in [6, 6.07) is 0. The summed E-state index contributed by atoms with van der Waals surface area (Å²) in [6.45, 7) is 1.75. The third kappa shape index (κ3) is 3.48. The summed E-state index contributed by atoms with van der Waals surface area (Å²) in [5, 5.41) is 13.9. The third-order valence-corrected chi connectivity index (χ3v) is 2.69. The highest BCUT2D eigenvalue weighted by molar-refractivity contribution is 7.89. The van der Waals surface area contributed by atoms with Gasteiger partial charge in [-0.1, -0.05) is 0 Å². The summed E-state index contributed by atoms with van der Waals surface area (Å²) < 4.78 is 21.1. The molecule has 1 atom stereocenters. The van der Waals surface area contributed by atoms with Crippen LogP contribution in [0.4, 0.5) is 0 Å². The summed E-state index contributed by atoms with van der Waals surface area (Å²) in [6.07, 6.45) is 0.426. The summed E-state index contributed by atoms with van der Waals surface area (Å²) in [7, 11) is -3.35. The Morgan fingerprint density at radius 1 is 1.58 bits per heavy atom. The number of sulfonamides is 1. The van der Waals surface area contributed by atoms with Crippen LogP contribution in [0, 0.1) is 0 Å². The average Bonchev–Trinajstić information content (AvgIpc) is 2.30. The van der Waals surface area contributed by atoms with Crippen molar-refractivity contribution in [2.75, 3.05) is 25.4 Å². The highest BCUT2D eigenvalue weighted by Crippen LogP contribution is 2.07. The van der Waals surface area contributed by atoms with Crippen molar-refractivity contribution in [3.63, 3.8) is 0 Å². The van der Waals surface area contributed by atoms with Crippen LogP contribution in [-0.4, -0.2) is 49.9 Å². The van der Waals surface area contributed by atoms with Crippen molar-refractivity contribution in [3.8, 4) is 0 Å². The van der Waals surface area contributed by atoms with Crippen LogP contribution in [0.5, 0.6) is 0 Å². The third-order valence-electron chi connectivity index (χ3n) is 1.94. The Labute approximate surface area is 72.2 Å². The normalized spacial score (nSPS) is 26.3. The Kier molecular flexibility index (Phi) is 3.05. The molecule has 5 nitrogen and oxygen atoms in total. The second-order valence-corrected chi connectivity index (χ2v) is 4.84. The minimum absolute atomic E-state index is 0.0281. The van der Waals surface area contributed by atoms with Crippen molar-refractivity contribution < 1.29 is 13.5 Å². The molecule has 0 radical (unpaired) electrons. The Bertz CT molecular complexity index is 239. The van der Waals surface area contributed by atoms with Crippen molar-refractivity contribution in [1.29, 1.82) is 0 Å². The summed E-state index contributed by atoms with van der Waals surface area (Å²) in [4.78, 5) is 1.90. The highest BCUT2D eigenvalue weighted by Gasteiger charge is 2.20. The molecular weight excluding hydrogens is 180 g/mol. The molecular formula is C6H14N2O3S. The first-order valence-electron chi connectivity index (χ1n) is 3.88. The molecule has 6 heteroatoms. The molecule has 1 aliphatic rings. The largest absolute Gasteiger partial charge is 0.392 e. The number of aliphatic hydroxyl groups is 1. The molecule has 72 valence electrons. The highest BCUT2D eigenvalue weighted by atomic mass is 32.2. The second-order valence-electron chi connectivity index (χ2n) is 3.11. The van der Waals surface area contributed by atoms with Crippen molar-refractivity contribution >= 4 is 10.0 Å². The summed E-state index contributed by atoms with van der Waals surface area (Å²) >= 11 is 0. The molecule has 0 aromatic carbocycles. The van der Waals surface area contributed by atoms with Gasteiger partial charge in [0.15, 0.2) is 0 Å². The SMILES string of the molecule is NS(=O)(=O)CCN1CCC(O)C1. The van der Waals surface area contributed by atoms with E-state index in [1.807, 2.05) is 4.90 Å². The molecule has 0 aromatic heterocycles. The number of aliphatic hydroxyl groups excluding tert-OH is 1. The van der Waals surface area contributed by atoms with Crippen LogP contribution in [0.15, 0.2) is 0 Å². The zero-order valence-electron chi connectivity index (χ0n) is 6.81. The van der Waals surface area contributed by atoms with E-state index in [4.69, 9.17) is 10.2 Å².